The van der Waals surface area contributed by atoms with Gasteiger partial charge in [0.25, 0.3) is 0 Å². The molecule has 0 amide bonds. The van der Waals surface area contributed by atoms with Gasteiger partial charge in [0.1, 0.15) is 16.9 Å². The van der Waals surface area contributed by atoms with Crippen molar-refractivity contribution in [1.29, 1.82) is 0 Å². The Bertz CT molecular complexity index is 451. The molecule has 1 saturated carbocycles. The molecular formula is C13H17Cl3N2O2. The molecular weight excluding hydrogens is 323 g/mol. The van der Waals surface area contributed by atoms with Gasteiger partial charge in [-0.2, -0.15) is 0 Å². The minimum absolute atomic E-state index is 0. The predicted octanol–water partition coefficient (Wildman–Crippen LogP) is 3.37. The van der Waals surface area contributed by atoms with Gasteiger partial charge in [-0.1, -0.05) is 36.0 Å². The summed E-state index contributed by atoms with van der Waals surface area (Å²) in [6.07, 6.45) is 3.80. The largest absolute Gasteiger partial charge is 0.461 e. The highest BCUT2D eigenvalue weighted by Crippen LogP contribution is 2.24. The van der Waals surface area contributed by atoms with Crippen LogP contribution in [0.15, 0.2) is 12.1 Å². The molecule has 0 bridgehead atoms. The van der Waals surface area contributed by atoms with E-state index in [1.807, 2.05) is 0 Å². The molecule has 7 heteroatoms. The van der Waals surface area contributed by atoms with Crippen LogP contribution in [0, 0.1) is 5.92 Å². The van der Waals surface area contributed by atoms with E-state index in [4.69, 9.17) is 33.7 Å². The zero-order valence-electron chi connectivity index (χ0n) is 10.9. The standard InChI is InChI=1S/C13H16Cl2N2O2.ClH/c14-11-5-8(6-12(15)17-11)7-19-13(18)9-3-1-2-4-10(9)16;/h5-6,9-10H,1-4,7,16H2;1H/t9-,10-;/m0./s1. The zero-order valence-corrected chi connectivity index (χ0v) is 13.2. The van der Waals surface area contributed by atoms with Crippen molar-refractivity contribution in [1.82, 2.24) is 4.98 Å². The first-order valence-electron chi connectivity index (χ1n) is 6.30. The SMILES string of the molecule is Cl.N[C@H]1CCCC[C@@H]1C(=O)OCc1cc(Cl)nc(Cl)c1. The molecule has 1 heterocycles. The molecule has 0 radical (unpaired) electrons. The van der Waals surface area contributed by atoms with E-state index >= 15 is 0 Å². The maximum Gasteiger partial charge on any atom is 0.310 e. The monoisotopic (exact) mass is 338 g/mol. The summed E-state index contributed by atoms with van der Waals surface area (Å²) < 4.78 is 5.28. The van der Waals surface area contributed by atoms with Crippen LogP contribution in [0.3, 0.4) is 0 Å². The number of pyridine rings is 1. The van der Waals surface area contributed by atoms with Gasteiger partial charge in [-0.05, 0) is 30.5 Å². The lowest BCUT2D eigenvalue weighted by atomic mass is 9.85. The van der Waals surface area contributed by atoms with Gasteiger partial charge < -0.3 is 10.5 Å². The molecule has 0 unspecified atom stereocenters. The fourth-order valence-electron chi connectivity index (χ4n) is 2.31. The van der Waals surface area contributed by atoms with Crippen molar-refractivity contribution in [2.24, 2.45) is 11.7 Å². The summed E-state index contributed by atoms with van der Waals surface area (Å²) in [6.45, 7) is 0.143. The van der Waals surface area contributed by atoms with Crippen LogP contribution in [-0.4, -0.2) is 17.0 Å². The van der Waals surface area contributed by atoms with Gasteiger partial charge in [0, 0.05) is 6.04 Å². The summed E-state index contributed by atoms with van der Waals surface area (Å²) in [7, 11) is 0. The molecule has 2 N–H and O–H groups in total. The fraction of sp³-hybridized carbons (Fsp3) is 0.538. The van der Waals surface area contributed by atoms with Crippen LogP contribution in [-0.2, 0) is 16.1 Å². The Kier molecular flexibility index (Phi) is 7.03. The third-order valence-electron chi connectivity index (χ3n) is 3.33. The minimum Gasteiger partial charge on any atom is -0.461 e. The van der Waals surface area contributed by atoms with Gasteiger partial charge in [0.05, 0.1) is 5.92 Å². The number of rotatable bonds is 3. The van der Waals surface area contributed by atoms with Crippen molar-refractivity contribution in [3.8, 4) is 0 Å². The highest BCUT2D eigenvalue weighted by molar-refractivity contribution is 6.32. The molecule has 1 fully saturated rings. The number of nitrogens with two attached hydrogens (primary N) is 1. The first-order chi connectivity index (χ1) is 9.06. The lowest BCUT2D eigenvalue weighted by Crippen LogP contribution is -2.38. The lowest BCUT2D eigenvalue weighted by molar-refractivity contribution is -0.151. The highest BCUT2D eigenvalue weighted by Gasteiger charge is 2.29. The van der Waals surface area contributed by atoms with Crippen LogP contribution >= 0.6 is 35.6 Å². The number of halogens is 3. The zero-order chi connectivity index (χ0) is 13.8. The molecule has 1 aliphatic carbocycles. The number of aromatic nitrogens is 1. The van der Waals surface area contributed by atoms with Gasteiger partial charge in [0.2, 0.25) is 0 Å². The van der Waals surface area contributed by atoms with Gasteiger partial charge >= 0.3 is 5.97 Å². The Labute approximate surface area is 134 Å². The van der Waals surface area contributed by atoms with Crippen LogP contribution in [0.25, 0.3) is 0 Å². The maximum absolute atomic E-state index is 12.0. The van der Waals surface area contributed by atoms with Crippen LogP contribution in [0.4, 0.5) is 0 Å². The van der Waals surface area contributed by atoms with Crippen molar-refractivity contribution < 1.29 is 9.53 Å². The molecule has 112 valence electrons. The van der Waals surface area contributed by atoms with Crippen LogP contribution in [0.2, 0.25) is 10.3 Å². The number of nitrogens with zero attached hydrogens (tertiary/aromatic N) is 1. The third kappa shape index (κ3) is 4.77. The lowest BCUT2D eigenvalue weighted by Gasteiger charge is -2.26. The number of hydrogen-bond acceptors (Lipinski definition) is 4. The van der Waals surface area contributed by atoms with Gasteiger partial charge in [0.15, 0.2) is 0 Å². The second kappa shape index (κ2) is 8.03. The minimum atomic E-state index is -0.240. The van der Waals surface area contributed by atoms with E-state index in [0.29, 0.717) is 0 Å². The smallest absolute Gasteiger partial charge is 0.310 e. The predicted molar refractivity (Wildman–Crippen MR) is 81.2 cm³/mol. The van der Waals surface area contributed by atoms with E-state index in [1.165, 1.54) is 0 Å². The second-order valence-electron chi connectivity index (χ2n) is 4.78. The Balaban J connectivity index is 0.00000200. The molecule has 0 aliphatic heterocycles. The third-order valence-corrected chi connectivity index (χ3v) is 3.71. The van der Waals surface area contributed by atoms with Gasteiger partial charge in [-0.3, -0.25) is 4.79 Å². The van der Waals surface area contributed by atoms with Gasteiger partial charge in [-0.15, -0.1) is 12.4 Å². The molecule has 20 heavy (non-hydrogen) atoms. The fourth-order valence-corrected chi connectivity index (χ4v) is 2.82. The Hall–Kier alpha value is -0.550. The summed E-state index contributed by atoms with van der Waals surface area (Å²) >= 11 is 11.6. The van der Waals surface area contributed by atoms with Crippen LogP contribution in [0.1, 0.15) is 31.2 Å². The van der Waals surface area contributed by atoms with E-state index in [2.05, 4.69) is 4.98 Å². The topological polar surface area (TPSA) is 65.2 Å². The Morgan fingerprint density at radius 1 is 1.30 bits per heavy atom. The van der Waals surface area contributed by atoms with Crippen molar-refractivity contribution in [3.63, 3.8) is 0 Å². The van der Waals surface area contributed by atoms with Crippen molar-refractivity contribution in [3.05, 3.63) is 28.0 Å². The van der Waals surface area contributed by atoms with E-state index in [0.717, 1.165) is 31.2 Å². The number of ether oxygens (including phenoxy) is 1. The van der Waals surface area contributed by atoms with Gasteiger partial charge in [-0.25, -0.2) is 4.98 Å². The summed E-state index contributed by atoms with van der Waals surface area (Å²) in [4.78, 5) is 15.8. The molecule has 4 nitrogen and oxygen atoms in total. The molecule has 0 aromatic carbocycles. The summed E-state index contributed by atoms with van der Waals surface area (Å²) in [5.74, 6) is -0.433. The molecule has 1 aliphatic rings. The van der Waals surface area contributed by atoms with E-state index in [-0.39, 0.29) is 47.2 Å². The molecule has 1 aromatic rings. The van der Waals surface area contributed by atoms with Crippen molar-refractivity contribution in [2.75, 3.05) is 0 Å². The average Bonchev–Trinajstić information content (AvgIpc) is 2.35. The van der Waals surface area contributed by atoms with Crippen molar-refractivity contribution >= 4 is 41.6 Å². The van der Waals surface area contributed by atoms with E-state index in [1.54, 1.807) is 12.1 Å². The maximum atomic E-state index is 12.0. The van der Waals surface area contributed by atoms with Crippen molar-refractivity contribution in [2.45, 2.75) is 38.3 Å². The summed E-state index contributed by atoms with van der Waals surface area (Å²) in [5.41, 5.74) is 6.67. The highest BCUT2D eigenvalue weighted by atomic mass is 35.5. The number of carbonyl (C=O) groups excluding carboxylic acids is 1. The molecule has 2 atom stereocenters. The number of hydrogen-bond donors (Lipinski definition) is 1. The molecule has 1 aromatic heterocycles. The second-order valence-corrected chi connectivity index (χ2v) is 5.56. The summed E-state index contributed by atoms with van der Waals surface area (Å²) in [5, 5.41) is 0.570. The van der Waals surface area contributed by atoms with E-state index < -0.39 is 0 Å². The average molecular weight is 340 g/mol. The van der Waals surface area contributed by atoms with E-state index in [9.17, 15) is 4.79 Å². The molecule has 0 spiro atoms. The first kappa shape index (κ1) is 17.5. The quantitative estimate of drug-likeness (QED) is 0.677. The Morgan fingerprint density at radius 3 is 2.50 bits per heavy atom. The summed E-state index contributed by atoms with van der Waals surface area (Å²) in [6, 6.07) is 3.16. The molecule has 2 rings (SSSR count). The first-order valence-corrected chi connectivity index (χ1v) is 7.06. The van der Waals surface area contributed by atoms with Crippen LogP contribution in [0.5, 0.6) is 0 Å². The normalized spacial score (nSPS) is 21.9. The number of carbonyl (C=O) groups is 1. The van der Waals surface area contributed by atoms with Crippen LogP contribution < -0.4 is 5.73 Å². The Morgan fingerprint density at radius 2 is 1.90 bits per heavy atom. The number of esters is 1. The molecule has 0 saturated heterocycles.